The summed E-state index contributed by atoms with van der Waals surface area (Å²) in [5.74, 6) is -4.04. The Balaban J connectivity index is 0.000000193. The first kappa shape index (κ1) is 79.7. The molecule has 0 spiro atoms. The molecule has 9 N–H and O–H groups in total. The average Bonchev–Trinajstić information content (AvgIpc) is 1.63. The highest BCUT2D eigenvalue weighted by molar-refractivity contribution is 5.96. The number of anilines is 4. The Kier molecular flexibility index (Phi) is 23.6. The number of aromatic amines is 4. The van der Waals surface area contributed by atoms with Crippen LogP contribution in [-0.4, -0.2) is 216 Å². The summed E-state index contributed by atoms with van der Waals surface area (Å²) in [6.07, 6.45) is 1.48. The molecule has 42 heteroatoms. The summed E-state index contributed by atoms with van der Waals surface area (Å²) in [5.41, 5.74) is 4.42. The monoisotopic (exact) mass is 1590 g/mol. The molecule has 0 aliphatic carbocycles. The summed E-state index contributed by atoms with van der Waals surface area (Å²) in [4.78, 5) is 116. The second-order valence-corrected chi connectivity index (χ2v) is 26.3. The number of rotatable bonds is 18. The minimum atomic E-state index is -4.65. The van der Waals surface area contributed by atoms with Crippen LogP contribution in [0, 0.1) is 0 Å². The topological polar surface area (TPSA) is 356 Å². The third-order valence-electron chi connectivity index (χ3n) is 17.7. The van der Waals surface area contributed by atoms with Crippen molar-refractivity contribution >= 4 is 91.0 Å². The van der Waals surface area contributed by atoms with Gasteiger partial charge < -0.3 is 61.2 Å². The number of fused-ring (bicyclic) bond motifs is 4. The minimum Gasteiger partial charge on any atom is -0.356 e. The van der Waals surface area contributed by atoms with Crippen LogP contribution in [-0.2, 0) is 19.2 Å². The Morgan fingerprint density at radius 1 is 0.460 bits per heavy atom. The molecule has 0 aromatic carbocycles. The van der Waals surface area contributed by atoms with Crippen LogP contribution in [0.2, 0.25) is 0 Å². The first-order chi connectivity index (χ1) is 53.8. The molecule has 0 unspecified atom stereocenters. The molecule has 0 saturated carbocycles. The molecular weight excluding hydrogens is 1520 g/mol. The van der Waals surface area contributed by atoms with E-state index in [2.05, 4.69) is 90.4 Å². The van der Waals surface area contributed by atoms with E-state index in [-0.39, 0.29) is 67.4 Å². The Labute approximate surface area is 635 Å². The van der Waals surface area contributed by atoms with Gasteiger partial charge >= 0.3 is 18.5 Å². The van der Waals surface area contributed by atoms with E-state index in [0.717, 1.165) is 32.3 Å². The van der Waals surface area contributed by atoms with Gasteiger partial charge in [0.25, 0.3) is 5.92 Å². The van der Waals surface area contributed by atoms with E-state index in [9.17, 15) is 80.6 Å². The summed E-state index contributed by atoms with van der Waals surface area (Å²) in [7, 11) is 0. The largest absolute Gasteiger partial charge is 0.405 e. The number of nitrogens with one attached hydrogen (secondary N) is 9. The van der Waals surface area contributed by atoms with Crippen molar-refractivity contribution in [3.63, 3.8) is 0 Å². The van der Waals surface area contributed by atoms with Gasteiger partial charge in [0.1, 0.15) is 108 Å². The van der Waals surface area contributed by atoms with E-state index >= 15 is 0 Å². The number of hydrogen-bond acceptors (Lipinski definition) is 20. The number of alkyl halides is 14. The quantitative estimate of drug-likeness (QED) is 0.0360. The van der Waals surface area contributed by atoms with Gasteiger partial charge in [0.2, 0.25) is 23.6 Å². The molecule has 4 amide bonds. The molecule has 113 heavy (non-hydrogen) atoms. The molecule has 0 bridgehead atoms. The zero-order valence-electron chi connectivity index (χ0n) is 59.2. The number of aromatic nitrogens is 16. The van der Waals surface area contributed by atoms with Crippen LogP contribution in [0.1, 0.15) is 38.8 Å². The van der Waals surface area contributed by atoms with E-state index in [0.29, 0.717) is 62.3 Å². The normalized spacial score (nSPS) is 17.6. The first-order valence-electron chi connectivity index (χ1n) is 34.4. The number of carbonyl (C=O) groups excluding carboxylic acids is 4. The lowest BCUT2D eigenvalue weighted by atomic mass is 10.0. The lowest BCUT2D eigenvalue weighted by Crippen LogP contribution is -2.48. The number of hydrogen-bond donors (Lipinski definition) is 9. The molecule has 3 aliphatic rings. The van der Waals surface area contributed by atoms with Crippen molar-refractivity contribution in [3.05, 3.63) is 147 Å². The fourth-order valence-electron chi connectivity index (χ4n) is 12.6. The predicted molar refractivity (Wildman–Crippen MR) is 393 cm³/mol. The van der Waals surface area contributed by atoms with E-state index < -0.39 is 117 Å². The van der Waals surface area contributed by atoms with Gasteiger partial charge in [-0.05, 0) is 86.6 Å². The van der Waals surface area contributed by atoms with Crippen molar-refractivity contribution in [2.45, 2.75) is 93.6 Å². The number of halogens is 14. The van der Waals surface area contributed by atoms with Crippen molar-refractivity contribution in [2.24, 2.45) is 0 Å². The van der Waals surface area contributed by atoms with Crippen molar-refractivity contribution in [2.75, 3.05) is 72.5 Å². The van der Waals surface area contributed by atoms with E-state index in [1.54, 1.807) is 105 Å². The standard InChI is InChI=1S/C18H15F5N6O.2C18H16F4N6O.C17H19FN6O.4H2/c19-17(20)6-12(16(30)27-8-18(21,22)23)29(9-17)13-3-5-25-15(28-13)11-7-26-14-10(11)2-1-4-24-14;2*19-10-6-13(17(29)26-9-18(20,21)22)28(8-10)14-3-5-24-16(27-14)12-7-25-15-11(12)2-1-4-23-15;1-17(2,16(25)21-9-6-18)24-13-5-8-20-15(23-13)12-10-22-14-11(12)4-3-7-19-14;;;;/h1-5,7,12H,6,8-9H2,(H,24,26)(H,27,30);2*1-5,7,10,13H,6,8-9H2,(H,23,25)(H,26,29);3-5,7-8,10H,6,9H2,1-2H3,(H,19,22)(H,21,25)(H,20,23,24);4*1H/t12-;10-,13+;10-,13-;;;;;/m101...../s1. The molecule has 28 nitrogen and oxygen atoms in total. The molecule has 600 valence electrons. The average molecular weight is 1590 g/mol. The third kappa shape index (κ3) is 19.7. The number of nitrogens with zero attached hydrogens (tertiary/aromatic N) is 15. The van der Waals surface area contributed by atoms with Crippen molar-refractivity contribution in [1.29, 1.82) is 0 Å². The Bertz CT molecular complexity index is 5210. The van der Waals surface area contributed by atoms with Gasteiger partial charge in [-0.1, -0.05) is 0 Å². The second-order valence-electron chi connectivity index (χ2n) is 26.3. The Morgan fingerprint density at radius 3 is 1.15 bits per heavy atom. The zero-order chi connectivity index (χ0) is 80.6. The van der Waals surface area contributed by atoms with Crippen LogP contribution in [0.15, 0.2) is 147 Å². The van der Waals surface area contributed by atoms with Gasteiger partial charge in [0, 0.05) is 150 Å². The van der Waals surface area contributed by atoms with Crippen molar-refractivity contribution < 1.29 is 86.4 Å². The molecule has 3 saturated heterocycles. The van der Waals surface area contributed by atoms with Crippen LogP contribution in [0.5, 0.6) is 0 Å². The van der Waals surface area contributed by atoms with E-state index in [1.807, 2.05) is 34.9 Å². The molecular formula is C71H74F14N24O4. The molecule has 3 aliphatic heterocycles. The Hall–Kier alpha value is -12.8. The lowest BCUT2D eigenvalue weighted by molar-refractivity contribution is -0.139. The van der Waals surface area contributed by atoms with Crippen LogP contribution in [0.25, 0.3) is 89.7 Å². The summed E-state index contributed by atoms with van der Waals surface area (Å²) in [5, 5.41) is 14.1. The maximum Gasteiger partial charge on any atom is 0.405 e. The summed E-state index contributed by atoms with van der Waals surface area (Å²) in [6, 6.07) is 16.8. The maximum atomic E-state index is 14.0. The van der Waals surface area contributed by atoms with Crippen molar-refractivity contribution in [3.8, 4) is 45.6 Å². The lowest BCUT2D eigenvalue weighted by Gasteiger charge is -2.25. The highest BCUT2D eigenvalue weighted by Crippen LogP contribution is 2.38. The zero-order valence-corrected chi connectivity index (χ0v) is 59.2. The molecule has 3 fully saturated rings. The third-order valence-corrected chi connectivity index (χ3v) is 17.7. The SMILES string of the molecule is CC(C)(Nc1ccnc(-c2c[nH]c3ncccc23)n1)C(=O)NCCF.O=C(NCC(F)(F)F)[C@H]1CC(F)(F)CN1c1ccnc(-c2c[nH]c3ncccc23)n1.O=C(NCC(F)(F)F)[C@H]1C[C@@H](F)CN1c1ccnc(-c2c[nH]c3ncccc23)n1.O=C(NCC(F)(F)F)[C@H]1C[C@H](F)CN1c1ccnc(-c2c[nH]c3ncccc23)n1.[HH].[HH].[HH].[HH]. The predicted octanol–water partition coefficient (Wildman–Crippen LogP) is 11.4. The summed E-state index contributed by atoms with van der Waals surface area (Å²) >= 11 is 0. The molecule has 15 heterocycles. The van der Waals surface area contributed by atoms with E-state index in [1.165, 1.54) is 46.6 Å². The first-order valence-corrected chi connectivity index (χ1v) is 34.4. The fourth-order valence-corrected chi connectivity index (χ4v) is 12.6. The molecule has 5 atom stereocenters. The van der Waals surface area contributed by atoms with Gasteiger partial charge in [-0.3, -0.25) is 19.2 Å². The smallest absolute Gasteiger partial charge is 0.356 e. The van der Waals surface area contributed by atoms with Gasteiger partial charge in [0.15, 0.2) is 23.3 Å². The van der Waals surface area contributed by atoms with Crippen LogP contribution < -0.4 is 41.3 Å². The van der Waals surface area contributed by atoms with Gasteiger partial charge in [-0.15, -0.1) is 0 Å². The minimum absolute atomic E-state index is 0. The summed E-state index contributed by atoms with van der Waals surface area (Å²) < 4.78 is 180. The highest BCUT2D eigenvalue weighted by atomic mass is 19.4. The number of amides is 4. The second kappa shape index (κ2) is 33.4. The molecule has 12 aromatic rings. The number of carbonyl (C=O) groups is 4. The number of pyridine rings is 4. The van der Waals surface area contributed by atoms with Gasteiger partial charge in [-0.2, -0.15) is 39.5 Å². The molecule has 0 radical (unpaired) electrons. The molecule has 15 rings (SSSR count). The number of H-pyrrole nitrogens is 4. The Morgan fingerprint density at radius 2 is 0.796 bits per heavy atom. The highest BCUT2D eigenvalue weighted by Gasteiger charge is 2.50. The summed E-state index contributed by atoms with van der Waals surface area (Å²) in [6.45, 7) is -2.87. The fraction of sp³-hybridized carbons (Fsp3) is 0.324. The van der Waals surface area contributed by atoms with Crippen molar-refractivity contribution in [1.82, 2.24) is 101 Å². The van der Waals surface area contributed by atoms with Gasteiger partial charge in [-0.25, -0.2) is 81.8 Å². The van der Waals surface area contributed by atoms with Crippen LogP contribution in [0.4, 0.5) is 84.7 Å². The van der Waals surface area contributed by atoms with Crippen LogP contribution in [0.3, 0.4) is 0 Å². The maximum absolute atomic E-state index is 14.0. The van der Waals surface area contributed by atoms with Crippen LogP contribution >= 0.6 is 0 Å². The molecule has 12 aromatic heterocycles. The van der Waals surface area contributed by atoms with Gasteiger partial charge in [0.05, 0.1) is 19.6 Å². The van der Waals surface area contributed by atoms with E-state index in [4.69, 9.17) is 0 Å².